The second kappa shape index (κ2) is 4.42. The summed E-state index contributed by atoms with van der Waals surface area (Å²) >= 11 is 0. The SMILES string of the molecule is CN1CCCCC1CNC(C)(C)C1CC1. The Morgan fingerprint density at radius 3 is 2.53 bits per heavy atom. The van der Waals surface area contributed by atoms with Crippen LogP contribution in [0.4, 0.5) is 0 Å². The fourth-order valence-corrected chi connectivity index (χ4v) is 2.73. The summed E-state index contributed by atoms with van der Waals surface area (Å²) in [6.07, 6.45) is 7.05. The molecule has 0 radical (unpaired) electrons. The Kier molecular flexibility index (Phi) is 3.36. The minimum absolute atomic E-state index is 0.373. The fourth-order valence-electron chi connectivity index (χ4n) is 2.73. The van der Waals surface area contributed by atoms with Crippen molar-refractivity contribution in [1.82, 2.24) is 10.2 Å². The van der Waals surface area contributed by atoms with Crippen LogP contribution in [-0.4, -0.2) is 36.6 Å². The highest BCUT2D eigenvalue weighted by molar-refractivity contribution is 4.95. The van der Waals surface area contributed by atoms with Gasteiger partial charge in [-0.1, -0.05) is 6.42 Å². The first kappa shape index (κ1) is 11.4. The molecule has 1 saturated heterocycles. The number of likely N-dealkylation sites (N-methyl/N-ethyl adjacent to an activating group) is 1. The predicted octanol–water partition coefficient (Wildman–Crippen LogP) is 2.25. The van der Waals surface area contributed by atoms with E-state index in [0.29, 0.717) is 5.54 Å². The van der Waals surface area contributed by atoms with Gasteiger partial charge in [0.15, 0.2) is 0 Å². The van der Waals surface area contributed by atoms with E-state index in [9.17, 15) is 0 Å². The highest BCUT2D eigenvalue weighted by Crippen LogP contribution is 2.39. The van der Waals surface area contributed by atoms with Gasteiger partial charge in [-0.2, -0.15) is 0 Å². The molecule has 0 aromatic rings. The van der Waals surface area contributed by atoms with E-state index in [-0.39, 0.29) is 0 Å². The third kappa shape index (κ3) is 2.94. The van der Waals surface area contributed by atoms with Gasteiger partial charge < -0.3 is 10.2 Å². The van der Waals surface area contributed by atoms with Crippen molar-refractivity contribution in [2.24, 2.45) is 5.92 Å². The van der Waals surface area contributed by atoms with Gasteiger partial charge in [0, 0.05) is 18.1 Å². The fraction of sp³-hybridized carbons (Fsp3) is 1.00. The Labute approximate surface area is 94.4 Å². The summed E-state index contributed by atoms with van der Waals surface area (Å²) in [6.45, 7) is 7.21. The molecule has 2 aliphatic rings. The van der Waals surface area contributed by atoms with Crippen molar-refractivity contribution in [3.8, 4) is 0 Å². The van der Waals surface area contributed by atoms with Crippen LogP contribution in [0.5, 0.6) is 0 Å². The van der Waals surface area contributed by atoms with Crippen molar-refractivity contribution < 1.29 is 0 Å². The molecular formula is C13H26N2. The zero-order chi connectivity index (χ0) is 10.9. The van der Waals surface area contributed by atoms with Crippen molar-refractivity contribution in [2.75, 3.05) is 20.1 Å². The smallest absolute Gasteiger partial charge is 0.0217 e. The third-order valence-electron chi connectivity index (χ3n) is 4.31. The molecule has 0 aromatic carbocycles. The van der Waals surface area contributed by atoms with Crippen LogP contribution >= 0.6 is 0 Å². The number of likely N-dealkylation sites (tertiary alicyclic amines) is 1. The average molecular weight is 210 g/mol. The molecule has 15 heavy (non-hydrogen) atoms. The van der Waals surface area contributed by atoms with Crippen LogP contribution in [0.25, 0.3) is 0 Å². The van der Waals surface area contributed by atoms with Gasteiger partial charge in [-0.05, 0) is 59.0 Å². The van der Waals surface area contributed by atoms with Gasteiger partial charge in [0.05, 0.1) is 0 Å². The molecule has 1 N–H and O–H groups in total. The number of nitrogens with one attached hydrogen (secondary N) is 1. The van der Waals surface area contributed by atoms with E-state index in [4.69, 9.17) is 0 Å². The molecule has 88 valence electrons. The van der Waals surface area contributed by atoms with E-state index in [2.05, 4.69) is 31.1 Å². The Bertz CT molecular complexity index is 209. The van der Waals surface area contributed by atoms with E-state index >= 15 is 0 Å². The monoisotopic (exact) mass is 210 g/mol. The molecular weight excluding hydrogens is 184 g/mol. The lowest BCUT2D eigenvalue weighted by Gasteiger charge is -2.36. The van der Waals surface area contributed by atoms with E-state index in [1.165, 1.54) is 45.2 Å². The van der Waals surface area contributed by atoms with Gasteiger partial charge in [0.1, 0.15) is 0 Å². The summed E-state index contributed by atoms with van der Waals surface area (Å²) in [4.78, 5) is 2.53. The van der Waals surface area contributed by atoms with Crippen molar-refractivity contribution in [1.29, 1.82) is 0 Å². The highest BCUT2D eigenvalue weighted by atomic mass is 15.2. The van der Waals surface area contributed by atoms with Crippen molar-refractivity contribution in [3.05, 3.63) is 0 Å². The van der Waals surface area contributed by atoms with E-state index < -0.39 is 0 Å². The van der Waals surface area contributed by atoms with Gasteiger partial charge in [-0.25, -0.2) is 0 Å². The molecule has 2 heteroatoms. The van der Waals surface area contributed by atoms with Gasteiger partial charge in [0.2, 0.25) is 0 Å². The maximum atomic E-state index is 3.78. The summed E-state index contributed by atoms with van der Waals surface area (Å²) < 4.78 is 0. The van der Waals surface area contributed by atoms with Gasteiger partial charge >= 0.3 is 0 Å². The molecule has 0 amide bonds. The Morgan fingerprint density at radius 2 is 1.93 bits per heavy atom. The first-order valence-electron chi connectivity index (χ1n) is 6.55. The normalized spacial score (nSPS) is 29.4. The Hall–Kier alpha value is -0.0800. The standard InChI is InChI=1S/C13H26N2/c1-13(2,11-7-8-11)14-10-12-6-4-5-9-15(12)3/h11-12,14H,4-10H2,1-3H3. The molecule has 1 aliphatic carbocycles. The molecule has 0 aromatic heterocycles. The Morgan fingerprint density at radius 1 is 1.20 bits per heavy atom. The summed E-state index contributed by atoms with van der Waals surface area (Å²) in [5.41, 5.74) is 0.373. The van der Waals surface area contributed by atoms with E-state index in [0.717, 1.165) is 12.0 Å². The average Bonchev–Trinajstić information content (AvgIpc) is 3.00. The molecule has 2 fully saturated rings. The second-order valence-corrected chi connectivity index (χ2v) is 6.01. The van der Waals surface area contributed by atoms with Crippen LogP contribution in [-0.2, 0) is 0 Å². The van der Waals surface area contributed by atoms with Gasteiger partial charge in [0.25, 0.3) is 0 Å². The zero-order valence-corrected chi connectivity index (χ0v) is 10.6. The number of rotatable bonds is 4. The minimum Gasteiger partial charge on any atom is -0.310 e. The molecule has 0 spiro atoms. The molecule has 1 aliphatic heterocycles. The number of piperidine rings is 1. The largest absolute Gasteiger partial charge is 0.310 e. The van der Waals surface area contributed by atoms with Crippen LogP contribution < -0.4 is 5.32 Å². The molecule has 0 bridgehead atoms. The summed E-state index contributed by atoms with van der Waals surface area (Å²) in [7, 11) is 2.27. The van der Waals surface area contributed by atoms with Crippen LogP contribution in [0.15, 0.2) is 0 Å². The topological polar surface area (TPSA) is 15.3 Å². The molecule has 1 unspecified atom stereocenters. The third-order valence-corrected chi connectivity index (χ3v) is 4.31. The number of hydrogen-bond donors (Lipinski definition) is 1. The van der Waals surface area contributed by atoms with Crippen LogP contribution in [0.3, 0.4) is 0 Å². The molecule has 1 heterocycles. The van der Waals surface area contributed by atoms with Gasteiger partial charge in [-0.3, -0.25) is 0 Å². The van der Waals surface area contributed by atoms with E-state index in [1.807, 2.05) is 0 Å². The maximum absolute atomic E-state index is 3.78. The zero-order valence-electron chi connectivity index (χ0n) is 10.6. The van der Waals surface area contributed by atoms with Gasteiger partial charge in [-0.15, -0.1) is 0 Å². The second-order valence-electron chi connectivity index (χ2n) is 6.01. The maximum Gasteiger partial charge on any atom is 0.0217 e. The lowest BCUT2D eigenvalue weighted by atomic mass is 9.96. The molecule has 1 saturated carbocycles. The van der Waals surface area contributed by atoms with Crippen LogP contribution in [0.2, 0.25) is 0 Å². The minimum atomic E-state index is 0.373. The summed E-state index contributed by atoms with van der Waals surface area (Å²) in [6, 6.07) is 0.775. The van der Waals surface area contributed by atoms with Crippen molar-refractivity contribution >= 4 is 0 Å². The molecule has 2 nitrogen and oxygen atoms in total. The Balaban J connectivity index is 1.76. The van der Waals surface area contributed by atoms with Crippen molar-refractivity contribution in [2.45, 2.75) is 57.5 Å². The predicted molar refractivity (Wildman–Crippen MR) is 65.1 cm³/mol. The first-order chi connectivity index (χ1) is 7.09. The highest BCUT2D eigenvalue weighted by Gasteiger charge is 2.37. The summed E-state index contributed by atoms with van der Waals surface area (Å²) in [5.74, 6) is 0.936. The molecule has 1 atom stereocenters. The first-order valence-corrected chi connectivity index (χ1v) is 6.55. The quantitative estimate of drug-likeness (QED) is 0.765. The van der Waals surface area contributed by atoms with E-state index in [1.54, 1.807) is 0 Å². The number of hydrogen-bond acceptors (Lipinski definition) is 2. The number of nitrogens with zero attached hydrogens (tertiary/aromatic N) is 1. The molecule has 2 rings (SSSR count). The van der Waals surface area contributed by atoms with Crippen LogP contribution in [0, 0.1) is 5.92 Å². The van der Waals surface area contributed by atoms with Crippen LogP contribution in [0.1, 0.15) is 46.0 Å². The summed E-state index contributed by atoms with van der Waals surface area (Å²) in [5, 5.41) is 3.78. The lowest BCUT2D eigenvalue weighted by molar-refractivity contribution is 0.167. The lowest BCUT2D eigenvalue weighted by Crippen LogP contribution is -2.50. The van der Waals surface area contributed by atoms with Crippen molar-refractivity contribution in [3.63, 3.8) is 0 Å².